The Kier molecular flexibility index (Phi) is 5.83. The Labute approximate surface area is 117 Å². The van der Waals surface area contributed by atoms with E-state index in [4.69, 9.17) is 10.5 Å². The van der Waals surface area contributed by atoms with Crippen LogP contribution >= 0.6 is 0 Å². The van der Waals surface area contributed by atoms with Gasteiger partial charge < -0.3 is 15.4 Å². The lowest BCUT2D eigenvalue weighted by molar-refractivity contribution is -0.138. The maximum atomic E-state index is 12.2. The first-order valence-electron chi connectivity index (χ1n) is 6.41. The minimum absolute atomic E-state index is 0.0610. The van der Waals surface area contributed by atoms with E-state index in [1.54, 1.807) is 31.2 Å². The number of ether oxygens (including phenoxy) is 1. The van der Waals surface area contributed by atoms with Crippen LogP contribution in [-0.2, 0) is 0 Å². The van der Waals surface area contributed by atoms with E-state index in [9.17, 15) is 13.2 Å². The zero-order valence-corrected chi connectivity index (χ0v) is 11.9. The van der Waals surface area contributed by atoms with Crippen LogP contribution in [0, 0.1) is 0 Å². The number of hydrogen-bond donors (Lipinski definition) is 1. The summed E-state index contributed by atoms with van der Waals surface area (Å²) in [7, 11) is 3.22. The number of nitrogens with two attached hydrogens (primary N) is 1. The van der Waals surface area contributed by atoms with Crippen LogP contribution < -0.4 is 10.5 Å². The quantitative estimate of drug-likeness (QED) is 0.875. The molecule has 0 aliphatic heterocycles. The molecule has 6 heteroatoms. The topological polar surface area (TPSA) is 38.5 Å². The molecule has 0 amide bonds. The second kappa shape index (κ2) is 6.95. The highest BCUT2D eigenvalue weighted by atomic mass is 19.4. The third-order valence-corrected chi connectivity index (χ3v) is 3.46. The van der Waals surface area contributed by atoms with Crippen molar-refractivity contribution < 1.29 is 17.9 Å². The maximum Gasteiger partial charge on any atom is 0.390 e. The molecule has 2 N–H and O–H groups in total. The molecule has 3 nitrogen and oxygen atoms in total. The van der Waals surface area contributed by atoms with Crippen LogP contribution in [0.2, 0.25) is 0 Å². The number of methoxy groups -OCH3 is 1. The fourth-order valence-electron chi connectivity index (χ4n) is 1.89. The van der Waals surface area contributed by atoms with E-state index in [0.29, 0.717) is 0 Å². The fourth-order valence-corrected chi connectivity index (χ4v) is 1.89. The highest BCUT2D eigenvalue weighted by molar-refractivity contribution is 5.29. The van der Waals surface area contributed by atoms with E-state index in [0.717, 1.165) is 11.3 Å². The molecule has 0 saturated heterocycles. The Morgan fingerprint density at radius 3 is 2.25 bits per heavy atom. The van der Waals surface area contributed by atoms with Crippen molar-refractivity contribution in [2.24, 2.45) is 5.73 Å². The summed E-state index contributed by atoms with van der Waals surface area (Å²) in [6.07, 6.45) is -4.97. The molecule has 1 rings (SSSR count). The molecule has 2 atom stereocenters. The zero-order chi connectivity index (χ0) is 15.3. The molecule has 0 aromatic heterocycles. The van der Waals surface area contributed by atoms with Gasteiger partial charge in [0.25, 0.3) is 0 Å². The summed E-state index contributed by atoms with van der Waals surface area (Å²) in [6.45, 7) is 1.76. The van der Waals surface area contributed by atoms with Crippen molar-refractivity contribution >= 4 is 0 Å². The number of alkyl halides is 3. The van der Waals surface area contributed by atoms with Crippen molar-refractivity contribution in [2.45, 2.75) is 31.6 Å². The number of benzene rings is 1. The number of halogens is 3. The molecule has 0 fully saturated rings. The van der Waals surface area contributed by atoms with Gasteiger partial charge in [0.15, 0.2) is 0 Å². The Balaban J connectivity index is 2.62. The van der Waals surface area contributed by atoms with Crippen LogP contribution in [0.4, 0.5) is 13.2 Å². The minimum atomic E-state index is -4.14. The predicted octanol–water partition coefficient (Wildman–Crippen LogP) is 2.97. The molecule has 1 aromatic rings. The van der Waals surface area contributed by atoms with Crippen LogP contribution in [0.3, 0.4) is 0 Å². The van der Waals surface area contributed by atoms with Gasteiger partial charge in [-0.2, -0.15) is 13.2 Å². The summed E-state index contributed by atoms with van der Waals surface area (Å²) in [5.41, 5.74) is 6.98. The van der Waals surface area contributed by atoms with Crippen molar-refractivity contribution in [1.29, 1.82) is 0 Å². The molecule has 0 aliphatic rings. The summed E-state index contributed by atoms with van der Waals surface area (Å²) >= 11 is 0. The lowest BCUT2D eigenvalue weighted by atomic mass is 10.0. The second-order valence-corrected chi connectivity index (χ2v) is 4.89. The van der Waals surface area contributed by atoms with Gasteiger partial charge in [0, 0.05) is 18.6 Å². The number of nitrogens with zero attached hydrogens (tertiary/aromatic N) is 1. The Morgan fingerprint density at radius 1 is 1.25 bits per heavy atom. The number of rotatable bonds is 6. The SMILES string of the molecule is COc1ccc(C(N)C(C)N(C)CCC(F)(F)F)cc1. The van der Waals surface area contributed by atoms with Crippen molar-refractivity contribution in [1.82, 2.24) is 4.90 Å². The van der Waals surface area contributed by atoms with E-state index < -0.39 is 12.6 Å². The average molecular weight is 290 g/mol. The minimum Gasteiger partial charge on any atom is -0.497 e. The first kappa shape index (κ1) is 16.8. The van der Waals surface area contributed by atoms with Crippen LogP contribution in [-0.4, -0.2) is 37.8 Å². The third-order valence-electron chi connectivity index (χ3n) is 3.46. The van der Waals surface area contributed by atoms with Gasteiger partial charge in [-0.1, -0.05) is 12.1 Å². The van der Waals surface area contributed by atoms with Crippen LogP contribution in [0.1, 0.15) is 24.9 Å². The Bertz CT molecular complexity index is 406. The number of hydrogen-bond acceptors (Lipinski definition) is 3. The summed E-state index contributed by atoms with van der Waals surface area (Å²) in [5, 5.41) is 0. The zero-order valence-electron chi connectivity index (χ0n) is 11.9. The summed E-state index contributed by atoms with van der Waals surface area (Å²) in [6, 6.07) is 6.70. The van der Waals surface area contributed by atoms with E-state index in [2.05, 4.69) is 0 Å². The summed E-state index contributed by atoms with van der Waals surface area (Å²) in [4.78, 5) is 1.63. The van der Waals surface area contributed by atoms with Crippen molar-refractivity contribution in [3.8, 4) is 5.75 Å². The van der Waals surface area contributed by atoms with Crippen LogP contribution in [0.5, 0.6) is 5.75 Å². The monoisotopic (exact) mass is 290 g/mol. The lowest BCUT2D eigenvalue weighted by Crippen LogP contribution is -2.39. The van der Waals surface area contributed by atoms with Gasteiger partial charge in [-0.3, -0.25) is 0 Å². The molecule has 20 heavy (non-hydrogen) atoms. The number of likely N-dealkylation sites (N-methyl/N-ethyl adjacent to an activating group) is 1. The molecule has 0 heterocycles. The van der Waals surface area contributed by atoms with Gasteiger partial charge in [-0.05, 0) is 31.7 Å². The van der Waals surface area contributed by atoms with E-state index >= 15 is 0 Å². The largest absolute Gasteiger partial charge is 0.497 e. The molecule has 0 aliphatic carbocycles. The van der Waals surface area contributed by atoms with Crippen molar-refractivity contribution in [2.75, 3.05) is 20.7 Å². The maximum absolute atomic E-state index is 12.2. The third kappa shape index (κ3) is 5.02. The summed E-state index contributed by atoms with van der Waals surface area (Å²) in [5.74, 6) is 0.721. The smallest absolute Gasteiger partial charge is 0.390 e. The first-order chi connectivity index (χ1) is 9.24. The van der Waals surface area contributed by atoms with Gasteiger partial charge in [0.2, 0.25) is 0 Å². The van der Waals surface area contributed by atoms with Crippen LogP contribution in [0.25, 0.3) is 0 Å². The molecule has 2 unspecified atom stereocenters. The van der Waals surface area contributed by atoms with Gasteiger partial charge in [0.05, 0.1) is 13.5 Å². The molecular weight excluding hydrogens is 269 g/mol. The van der Waals surface area contributed by atoms with Crippen LogP contribution in [0.15, 0.2) is 24.3 Å². The van der Waals surface area contributed by atoms with Crippen molar-refractivity contribution in [3.05, 3.63) is 29.8 Å². The molecular formula is C14H21F3N2O. The predicted molar refractivity (Wildman–Crippen MR) is 72.7 cm³/mol. The van der Waals surface area contributed by atoms with Crippen molar-refractivity contribution in [3.63, 3.8) is 0 Å². The molecule has 0 spiro atoms. The molecule has 0 saturated carbocycles. The average Bonchev–Trinajstić information content (AvgIpc) is 2.42. The molecule has 0 bridgehead atoms. The normalized spacial score (nSPS) is 15.2. The van der Waals surface area contributed by atoms with E-state index in [1.807, 2.05) is 19.1 Å². The van der Waals surface area contributed by atoms with Gasteiger partial charge in [-0.25, -0.2) is 0 Å². The summed E-state index contributed by atoms with van der Waals surface area (Å²) < 4.78 is 41.7. The Hall–Kier alpha value is -1.27. The molecule has 0 radical (unpaired) electrons. The van der Waals surface area contributed by atoms with Gasteiger partial charge in [-0.15, -0.1) is 0 Å². The highest BCUT2D eigenvalue weighted by Gasteiger charge is 2.29. The highest BCUT2D eigenvalue weighted by Crippen LogP contribution is 2.23. The lowest BCUT2D eigenvalue weighted by Gasteiger charge is -2.30. The second-order valence-electron chi connectivity index (χ2n) is 4.89. The van der Waals surface area contributed by atoms with Gasteiger partial charge >= 0.3 is 6.18 Å². The van der Waals surface area contributed by atoms with Gasteiger partial charge in [0.1, 0.15) is 5.75 Å². The Morgan fingerprint density at radius 2 is 1.80 bits per heavy atom. The van der Waals surface area contributed by atoms with E-state index in [1.165, 1.54) is 0 Å². The molecule has 1 aromatic carbocycles. The van der Waals surface area contributed by atoms with E-state index in [-0.39, 0.29) is 18.6 Å². The fraction of sp³-hybridized carbons (Fsp3) is 0.571. The first-order valence-corrected chi connectivity index (χ1v) is 6.41. The molecule has 114 valence electrons. The standard InChI is InChI=1S/C14H21F3N2O/c1-10(19(2)9-8-14(15,16)17)13(18)11-4-6-12(20-3)7-5-11/h4-7,10,13H,8-9,18H2,1-3H3.